The summed E-state index contributed by atoms with van der Waals surface area (Å²) in [7, 11) is 0. The fraction of sp³-hybridized carbons (Fsp3) is 0.529. The molecule has 1 aromatic carbocycles. The van der Waals surface area contributed by atoms with Crippen molar-refractivity contribution in [2.24, 2.45) is 5.41 Å². The van der Waals surface area contributed by atoms with Crippen LogP contribution in [0.4, 0.5) is 0 Å². The van der Waals surface area contributed by atoms with Crippen LogP contribution in [0.1, 0.15) is 40.7 Å². The number of benzene rings is 1. The second-order valence-corrected chi connectivity index (χ2v) is 6.49. The first-order valence-electron chi connectivity index (χ1n) is 7.63. The maximum atomic E-state index is 12.7. The topological polar surface area (TPSA) is 49.4 Å². The number of amides is 2. The monoisotopic (exact) mass is 286 g/mol. The van der Waals surface area contributed by atoms with E-state index in [4.69, 9.17) is 0 Å². The molecule has 4 heteroatoms. The molecule has 1 aromatic rings. The van der Waals surface area contributed by atoms with Crippen molar-refractivity contribution in [1.29, 1.82) is 0 Å². The molecule has 2 fully saturated rings. The van der Waals surface area contributed by atoms with E-state index in [1.54, 1.807) is 0 Å². The van der Waals surface area contributed by atoms with E-state index in [-0.39, 0.29) is 17.2 Å². The van der Waals surface area contributed by atoms with Gasteiger partial charge in [0.05, 0.1) is 0 Å². The third-order valence-corrected chi connectivity index (χ3v) is 5.14. The molecule has 2 aliphatic heterocycles. The summed E-state index contributed by atoms with van der Waals surface area (Å²) in [6.07, 6.45) is 2.46. The van der Waals surface area contributed by atoms with Crippen molar-refractivity contribution in [3.63, 3.8) is 0 Å². The SMILES string of the molecule is Cc1cccc(C(=O)N2CCC3(CC2)CNC(=O)C3)c1C. The third-order valence-electron chi connectivity index (χ3n) is 5.14. The zero-order valence-corrected chi connectivity index (χ0v) is 12.7. The Balaban J connectivity index is 1.71. The summed E-state index contributed by atoms with van der Waals surface area (Å²) in [6, 6.07) is 5.89. The Labute approximate surface area is 125 Å². The number of hydrogen-bond donors (Lipinski definition) is 1. The van der Waals surface area contributed by atoms with Crippen LogP contribution in [0.2, 0.25) is 0 Å². The molecule has 0 radical (unpaired) electrons. The highest BCUT2D eigenvalue weighted by Crippen LogP contribution is 2.37. The maximum absolute atomic E-state index is 12.7. The molecule has 0 aliphatic carbocycles. The molecule has 0 unspecified atom stereocenters. The summed E-state index contributed by atoms with van der Waals surface area (Å²) in [5.41, 5.74) is 3.13. The lowest BCUT2D eigenvalue weighted by Gasteiger charge is -2.38. The lowest BCUT2D eigenvalue weighted by atomic mass is 9.77. The van der Waals surface area contributed by atoms with Crippen molar-refractivity contribution in [2.75, 3.05) is 19.6 Å². The highest BCUT2D eigenvalue weighted by molar-refractivity contribution is 5.96. The van der Waals surface area contributed by atoms with Crippen LogP contribution < -0.4 is 5.32 Å². The Hall–Kier alpha value is -1.84. The van der Waals surface area contributed by atoms with E-state index in [0.717, 1.165) is 49.2 Å². The molecule has 3 rings (SSSR count). The molecular weight excluding hydrogens is 264 g/mol. The van der Waals surface area contributed by atoms with Gasteiger partial charge in [-0.05, 0) is 49.3 Å². The fourth-order valence-electron chi connectivity index (χ4n) is 3.44. The minimum Gasteiger partial charge on any atom is -0.356 e. The van der Waals surface area contributed by atoms with Gasteiger partial charge in [0.15, 0.2) is 0 Å². The van der Waals surface area contributed by atoms with E-state index in [0.29, 0.717) is 6.42 Å². The van der Waals surface area contributed by atoms with Crippen LogP contribution >= 0.6 is 0 Å². The van der Waals surface area contributed by atoms with Gasteiger partial charge in [-0.15, -0.1) is 0 Å². The number of hydrogen-bond acceptors (Lipinski definition) is 2. The average Bonchev–Trinajstić information content (AvgIpc) is 2.83. The van der Waals surface area contributed by atoms with Crippen LogP contribution in [0.5, 0.6) is 0 Å². The number of carbonyl (C=O) groups is 2. The van der Waals surface area contributed by atoms with Gasteiger partial charge < -0.3 is 10.2 Å². The number of nitrogens with one attached hydrogen (secondary N) is 1. The van der Waals surface area contributed by atoms with Gasteiger partial charge in [0.25, 0.3) is 5.91 Å². The second kappa shape index (κ2) is 5.17. The first kappa shape index (κ1) is 14.1. The van der Waals surface area contributed by atoms with Gasteiger partial charge >= 0.3 is 0 Å². The molecule has 2 saturated heterocycles. The Morgan fingerprint density at radius 1 is 1.24 bits per heavy atom. The summed E-state index contributed by atoms with van der Waals surface area (Å²) < 4.78 is 0. The number of rotatable bonds is 1. The maximum Gasteiger partial charge on any atom is 0.254 e. The summed E-state index contributed by atoms with van der Waals surface area (Å²) in [4.78, 5) is 26.1. The summed E-state index contributed by atoms with van der Waals surface area (Å²) >= 11 is 0. The quantitative estimate of drug-likeness (QED) is 0.859. The van der Waals surface area contributed by atoms with Crippen molar-refractivity contribution in [3.8, 4) is 0 Å². The number of carbonyl (C=O) groups excluding carboxylic acids is 2. The summed E-state index contributed by atoms with van der Waals surface area (Å²) in [5.74, 6) is 0.285. The smallest absolute Gasteiger partial charge is 0.254 e. The van der Waals surface area contributed by atoms with Crippen molar-refractivity contribution < 1.29 is 9.59 Å². The predicted octanol–water partition coefficient (Wildman–Crippen LogP) is 2.05. The van der Waals surface area contributed by atoms with Gasteiger partial charge in [-0.3, -0.25) is 9.59 Å². The molecule has 0 aromatic heterocycles. The van der Waals surface area contributed by atoms with Gasteiger partial charge in [-0.1, -0.05) is 12.1 Å². The largest absolute Gasteiger partial charge is 0.356 e. The Kier molecular flexibility index (Phi) is 3.47. The molecule has 2 heterocycles. The normalized spacial score (nSPS) is 20.7. The Morgan fingerprint density at radius 3 is 2.57 bits per heavy atom. The first-order chi connectivity index (χ1) is 10.0. The van der Waals surface area contributed by atoms with E-state index in [1.165, 1.54) is 0 Å². The van der Waals surface area contributed by atoms with E-state index in [2.05, 4.69) is 5.32 Å². The van der Waals surface area contributed by atoms with Crippen molar-refractivity contribution >= 4 is 11.8 Å². The predicted molar refractivity (Wildman–Crippen MR) is 81.1 cm³/mol. The van der Waals surface area contributed by atoms with Crippen LogP contribution in [0.15, 0.2) is 18.2 Å². The van der Waals surface area contributed by atoms with Gasteiger partial charge in [0.2, 0.25) is 5.91 Å². The van der Waals surface area contributed by atoms with E-state index < -0.39 is 0 Å². The molecule has 0 atom stereocenters. The molecule has 0 saturated carbocycles. The number of nitrogens with zero attached hydrogens (tertiary/aromatic N) is 1. The molecule has 112 valence electrons. The lowest BCUT2D eigenvalue weighted by molar-refractivity contribution is -0.119. The van der Waals surface area contributed by atoms with Crippen LogP contribution in [-0.4, -0.2) is 36.3 Å². The van der Waals surface area contributed by atoms with Crippen LogP contribution in [0.3, 0.4) is 0 Å². The minimum absolute atomic E-state index is 0.0928. The second-order valence-electron chi connectivity index (χ2n) is 6.49. The van der Waals surface area contributed by atoms with Crippen molar-refractivity contribution in [2.45, 2.75) is 33.1 Å². The van der Waals surface area contributed by atoms with Crippen LogP contribution in [0, 0.1) is 19.3 Å². The zero-order valence-electron chi connectivity index (χ0n) is 12.7. The van der Waals surface area contributed by atoms with Crippen molar-refractivity contribution in [3.05, 3.63) is 34.9 Å². The molecule has 2 amide bonds. The third kappa shape index (κ3) is 2.55. The highest BCUT2D eigenvalue weighted by atomic mass is 16.2. The van der Waals surface area contributed by atoms with Crippen LogP contribution in [-0.2, 0) is 4.79 Å². The van der Waals surface area contributed by atoms with E-state index >= 15 is 0 Å². The van der Waals surface area contributed by atoms with Gasteiger partial charge in [-0.25, -0.2) is 0 Å². The molecule has 1 N–H and O–H groups in total. The van der Waals surface area contributed by atoms with Crippen LogP contribution in [0.25, 0.3) is 0 Å². The average molecular weight is 286 g/mol. The number of piperidine rings is 1. The minimum atomic E-state index is 0.0928. The molecule has 2 aliphatic rings. The Morgan fingerprint density at radius 2 is 1.95 bits per heavy atom. The van der Waals surface area contributed by atoms with E-state index in [1.807, 2.05) is 36.9 Å². The Bertz CT molecular complexity index is 586. The van der Waals surface area contributed by atoms with Crippen molar-refractivity contribution in [1.82, 2.24) is 10.2 Å². The zero-order chi connectivity index (χ0) is 15.0. The number of likely N-dealkylation sites (tertiary alicyclic amines) is 1. The lowest BCUT2D eigenvalue weighted by Crippen LogP contribution is -2.44. The van der Waals surface area contributed by atoms with E-state index in [9.17, 15) is 9.59 Å². The number of aryl methyl sites for hydroxylation is 1. The fourth-order valence-corrected chi connectivity index (χ4v) is 3.44. The van der Waals surface area contributed by atoms with Gasteiger partial charge in [-0.2, -0.15) is 0 Å². The first-order valence-corrected chi connectivity index (χ1v) is 7.63. The summed E-state index contributed by atoms with van der Waals surface area (Å²) in [6.45, 7) is 6.32. The molecule has 21 heavy (non-hydrogen) atoms. The molecule has 1 spiro atoms. The molecule has 0 bridgehead atoms. The van der Waals surface area contributed by atoms with Gasteiger partial charge in [0, 0.05) is 31.6 Å². The highest BCUT2D eigenvalue weighted by Gasteiger charge is 2.41. The standard InChI is InChI=1S/C17H22N2O2/c1-12-4-3-5-14(13(12)2)16(21)19-8-6-17(7-9-19)10-15(20)18-11-17/h3-5H,6-11H2,1-2H3,(H,18,20). The summed E-state index contributed by atoms with van der Waals surface area (Å²) in [5, 5.41) is 2.93. The molecule has 4 nitrogen and oxygen atoms in total. The molecular formula is C17H22N2O2. The van der Waals surface area contributed by atoms with Gasteiger partial charge in [0.1, 0.15) is 0 Å².